The van der Waals surface area contributed by atoms with Crippen LogP contribution in [0.2, 0.25) is 0 Å². The molecule has 0 unspecified atom stereocenters. The van der Waals surface area contributed by atoms with Crippen LogP contribution in [0.4, 0.5) is 11.4 Å². The minimum Gasteiger partial charge on any atom is -0.491 e. The number of benzene rings is 2. The minimum absolute atomic E-state index is 0.0447. The van der Waals surface area contributed by atoms with Gasteiger partial charge in [-0.05, 0) is 68.3 Å². The van der Waals surface area contributed by atoms with Crippen LogP contribution in [0.5, 0.6) is 5.75 Å². The highest BCUT2D eigenvalue weighted by molar-refractivity contribution is 5.95. The third-order valence-electron chi connectivity index (χ3n) is 4.70. The standard InChI is InChI=1S/C25H35N3O4/c1-4-15-28(16-5-2)25(30)20-7-9-21(10-8-20)26-19-24(29)27-22-11-13-23(14-12-22)32-18-17-31-6-3/h7-14,26H,4-6,15-19H2,1-3H3,(H,27,29). The second-order valence-electron chi connectivity index (χ2n) is 7.34. The average Bonchev–Trinajstić information content (AvgIpc) is 2.81. The summed E-state index contributed by atoms with van der Waals surface area (Å²) < 4.78 is 10.8. The lowest BCUT2D eigenvalue weighted by Crippen LogP contribution is -2.32. The first-order chi connectivity index (χ1) is 15.6. The van der Waals surface area contributed by atoms with E-state index in [9.17, 15) is 9.59 Å². The van der Waals surface area contributed by atoms with Gasteiger partial charge in [-0.15, -0.1) is 0 Å². The van der Waals surface area contributed by atoms with Gasteiger partial charge >= 0.3 is 0 Å². The maximum absolute atomic E-state index is 12.6. The monoisotopic (exact) mass is 441 g/mol. The molecule has 0 saturated heterocycles. The summed E-state index contributed by atoms with van der Waals surface area (Å²) in [6, 6.07) is 14.5. The van der Waals surface area contributed by atoms with Crippen LogP contribution in [0.25, 0.3) is 0 Å². The lowest BCUT2D eigenvalue weighted by Gasteiger charge is -2.21. The van der Waals surface area contributed by atoms with Gasteiger partial charge < -0.3 is 25.0 Å². The van der Waals surface area contributed by atoms with Crippen LogP contribution >= 0.6 is 0 Å². The van der Waals surface area contributed by atoms with E-state index < -0.39 is 0 Å². The topological polar surface area (TPSA) is 79.9 Å². The molecule has 0 saturated carbocycles. The fourth-order valence-electron chi connectivity index (χ4n) is 3.15. The normalized spacial score (nSPS) is 10.5. The molecule has 174 valence electrons. The molecule has 0 spiro atoms. The van der Waals surface area contributed by atoms with E-state index in [0.717, 1.165) is 37.4 Å². The molecule has 2 N–H and O–H groups in total. The number of hydrogen-bond acceptors (Lipinski definition) is 5. The van der Waals surface area contributed by atoms with Crippen molar-refractivity contribution >= 4 is 23.2 Å². The molecule has 2 rings (SSSR count). The van der Waals surface area contributed by atoms with Crippen LogP contribution in [0.15, 0.2) is 48.5 Å². The lowest BCUT2D eigenvalue weighted by atomic mass is 10.1. The van der Waals surface area contributed by atoms with Gasteiger partial charge in [-0.2, -0.15) is 0 Å². The summed E-state index contributed by atoms with van der Waals surface area (Å²) in [5.74, 6) is 0.613. The molecule has 32 heavy (non-hydrogen) atoms. The van der Waals surface area contributed by atoms with Crippen molar-refractivity contribution in [2.75, 3.05) is 50.1 Å². The van der Waals surface area contributed by atoms with E-state index >= 15 is 0 Å². The number of ether oxygens (including phenoxy) is 2. The first kappa shape index (κ1) is 25.2. The van der Waals surface area contributed by atoms with Crippen molar-refractivity contribution in [2.45, 2.75) is 33.6 Å². The summed E-state index contributed by atoms with van der Waals surface area (Å²) in [4.78, 5) is 26.8. The van der Waals surface area contributed by atoms with Gasteiger partial charge in [0.2, 0.25) is 5.91 Å². The van der Waals surface area contributed by atoms with Crippen molar-refractivity contribution in [3.8, 4) is 5.75 Å². The van der Waals surface area contributed by atoms with E-state index in [0.29, 0.717) is 31.1 Å². The van der Waals surface area contributed by atoms with Gasteiger partial charge in [0.05, 0.1) is 13.2 Å². The molecule has 2 aromatic carbocycles. The number of hydrogen-bond donors (Lipinski definition) is 2. The second-order valence-corrected chi connectivity index (χ2v) is 7.34. The van der Waals surface area contributed by atoms with E-state index in [1.54, 1.807) is 24.3 Å². The second kappa shape index (κ2) is 14.1. The molecule has 7 heteroatoms. The van der Waals surface area contributed by atoms with Gasteiger partial charge in [0.15, 0.2) is 0 Å². The number of rotatable bonds is 14. The third kappa shape index (κ3) is 8.59. The van der Waals surface area contributed by atoms with Crippen LogP contribution < -0.4 is 15.4 Å². The Labute approximate surface area is 191 Å². The fraction of sp³-hybridized carbons (Fsp3) is 0.440. The van der Waals surface area contributed by atoms with Crippen LogP contribution in [0.3, 0.4) is 0 Å². The smallest absolute Gasteiger partial charge is 0.253 e. The van der Waals surface area contributed by atoms with Gasteiger partial charge in [0.1, 0.15) is 12.4 Å². The summed E-state index contributed by atoms with van der Waals surface area (Å²) in [5, 5.41) is 5.93. The number of anilines is 2. The minimum atomic E-state index is -0.160. The maximum Gasteiger partial charge on any atom is 0.253 e. The molecule has 2 aromatic rings. The molecule has 0 heterocycles. The molecular formula is C25H35N3O4. The Hall–Kier alpha value is -3.06. The van der Waals surface area contributed by atoms with E-state index in [1.165, 1.54) is 0 Å². The first-order valence-corrected chi connectivity index (χ1v) is 11.3. The van der Waals surface area contributed by atoms with Crippen molar-refractivity contribution in [2.24, 2.45) is 0 Å². The van der Waals surface area contributed by atoms with Crippen molar-refractivity contribution < 1.29 is 19.1 Å². The summed E-state index contributed by atoms with van der Waals surface area (Å²) in [7, 11) is 0. The molecule has 2 amide bonds. The van der Waals surface area contributed by atoms with Gasteiger partial charge in [-0.1, -0.05) is 13.8 Å². The van der Waals surface area contributed by atoms with Gasteiger partial charge in [0.25, 0.3) is 5.91 Å². The summed E-state index contributed by atoms with van der Waals surface area (Å²) in [5.41, 5.74) is 2.14. The number of carbonyl (C=O) groups excluding carboxylic acids is 2. The van der Waals surface area contributed by atoms with Crippen molar-refractivity contribution in [3.05, 3.63) is 54.1 Å². The molecule has 0 aromatic heterocycles. The van der Waals surface area contributed by atoms with E-state index in [-0.39, 0.29) is 18.4 Å². The Kier molecular flexibility index (Phi) is 11.1. The SMILES string of the molecule is CCCN(CCC)C(=O)c1ccc(NCC(=O)Nc2ccc(OCCOCC)cc2)cc1. The predicted octanol–water partition coefficient (Wildman–Crippen LogP) is 4.41. The fourth-order valence-corrected chi connectivity index (χ4v) is 3.15. The number of amides is 2. The Morgan fingerprint density at radius 3 is 2.06 bits per heavy atom. The Morgan fingerprint density at radius 1 is 0.844 bits per heavy atom. The quantitative estimate of drug-likeness (QED) is 0.425. The van der Waals surface area contributed by atoms with E-state index in [2.05, 4.69) is 24.5 Å². The Balaban J connectivity index is 1.79. The molecule has 0 aliphatic heterocycles. The van der Waals surface area contributed by atoms with Crippen LogP contribution in [0, 0.1) is 0 Å². The average molecular weight is 442 g/mol. The highest BCUT2D eigenvalue weighted by Gasteiger charge is 2.14. The highest BCUT2D eigenvalue weighted by Crippen LogP contribution is 2.16. The molecule has 0 radical (unpaired) electrons. The molecule has 0 aliphatic rings. The lowest BCUT2D eigenvalue weighted by molar-refractivity contribution is -0.114. The molecule has 7 nitrogen and oxygen atoms in total. The Bertz CT molecular complexity index is 816. The van der Waals surface area contributed by atoms with Crippen LogP contribution in [0.1, 0.15) is 44.0 Å². The number of nitrogens with one attached hydrogen (secondary N) is 2. The zero-order valence-corrected chi connectivity index (χ0v) is 19.4. The summed E-state index contributed by atoms with van der Waals surface area (Å²) in [6.07, 6.45) is 1.87. The van der Waals surface area contributed by atoms with Crippen molar-refractivity contribution in [1.29, 1.82) is 0 Å². The summed E-state index contributed by atoms with van der Waals surface area (Å²) in [6.45, 7) is 9.42. The van der Waals surface area contributed by atoms with Crippen LogP contribution in [-0.2, 0) is 9.53 Å². The zero-order valence-electron chi connectivity index (χ0n) is 19.4. The van der Waals surface area contributed by atoms with Gasteiger partial charge in [-0.25, -0.2) is 0 Å². The largest absolute Gasteiger partial charge is 0.491 e. The highest BCUT2D eigenvalue weighted by atomic mass is 16.5. The van der Waals surface area contributed by atoms with E-state index in [4.69, 9.17) is 9.47 Å². The first-order valence-electron chi connectivity index (χ1n) is 11.3. The summed E-state index contributed by atoms with van der Waals surface area (Å²) >= 11 is 0. The number of carbonyl (C=O) groups is 2. The Morgan fingerprint density at radius 2 is 1.47 bits per heavy atom. The molecule has 0 fully saturated rings. The van der Waals surface area contributed by atoms with Gasteiger partial charge in [-0.3, -0.25) is 9.59 Å². The number of nitrogens with zero attached hydrogens (tertiary/aromatic N) is 1. The zero-order chi connectivity index (χ0) is 23.2. The van der Waals surface area contributed by atoms with E-state index in [1.807, 2.05) is 36.1 Å². The maximum atomic E-state index is 12.6. The predicted molar refractivity (Wildman–Crippen MR) is 128 cm³/mol. The van der Waals surface area contributed by atoms with Crippen LogP contribution in [-0.4, -0.2) is 56.2 Å². The molecular weight excluding hydrogens is 406 g/mol. The molecule has 0 aliphatic carbocycles. The van der Waals surface area contributed by atoms with Crippen molar-refractivity contribution in [1.82, 2.24) is 4.90 Å². The molecule has 0 atom stereocenters. The third-order valence-corrected chi connectivity index (χ3v) is 4.70. The van der Waals surface area contributed by atoms with Crippen molar-refractivity contribution in [3.63, 3.8) is 0 Å². The van der Waals surface area contributed by atoms with Gasteiger partial charge in [0, 0.05) is 36.6 Å². The molecule has 0 bridgehead atoms.